The maximum atomic E-state index is 13.2. The molecule has 410 valence electrons. The van der Waals surface area contributed by atoms with Gasteiger partial charge in [0.1, 0.15) is 23.0 Å². The van der Waals surface area contributed by atoms with Gasteiger partial charge in [-0.05, 0) is 97.8 Å². The molecule has 0 saturated heterocycles. The van der Waals surface area contributed by atoms with Gasteiger partial charge in [0.2, 0.25) is 0 Å². The zero-order chi connectivity index (χ0) is 53.7. The number of benzene rings is 5. The molecule has 5 rings (SSSR count). The normalized spacial score (nSPS) is 11.4. The van der Waals surface area contributed by atoms with Crippen LogP contribution in [0.1, 0.15) is 225 Å². The third kappa shape index (κ3) is 24.5. The Labute approximate surface area is 455 Å². The molecule has 0 spiro atoms. The quantitative estimate of drug-likeness (QED) is 0.0171. The zero-order valence-corrected chi connectivity index (χ0v) is 46.0. The van der Waals surface area contributed by atoms with Crippen LogP contribution in [0.4, 0.5) is 11.4 Å². The van der Waals surface area contributed by atoms with E-state index in [0.29, 0.717) is 47.2 Å². The molecule has 2 N–H and O–H groups in total. The van der Waals surface area contributed by atoms with Crippen molar-refractivity contribution in [1.29, 1.82) is 0 Å². The van der Waals surface area contributed by atoms with Crippen LogP contribution in [0.25, 0.3) is 0 Å². The molecule has 0 unspecified atom stereocenters. The largest absolute Gasteiger partial charge is 0.507 e. The van der Waals surface area contributed by atoms with Crippen molar-refractivity contribution in [2.24, 2.45) is 9.98 Å². The average Bonchev–Trinajstić information content (AvgIpc) is 3.43. The number of aromatic hydroxyl groups is 2. The molecule has 0 bridgehead atoms. The van der Waals surface area contributed by atoms with Gasteiger partial charge in [-0.25, -0.2) is 9.59 Å². The van der Waals surface area contributed by atoms with Crippen LogP contribution in [0.15, 0.2) is 119 Å². The monoisotopic (exact) mass is 1040 g/mol. The van der Waals surface area contributed by atoms with Crippen LogP contribution in [-0.4, -0.2) is 47.8 Å². The van der Waals surface area contributed by atoms with Gasteiger partial charge in [0, 0.05) is 35.7 Å². The molecule has 0 radical (unpaired) electrons. The highest BCUT2D eigenvalue weighted by molar-refractivity contribution is 5.94. The highest BCUT2D eigenvalue weighted by Gasteiger charge is 2.17. The number of carbonyl (C=O) groups excluding carboxylic acids is 2. The Bertz CT molecular complexity index is 2280. The molecule has 10 heteroatoms. The number of phenolic OH excluding ortho intramolecular Hbond substituents is 2. The SMILES string of the molecule is CCCCCCCCCCCCCCCCOc1ccc(C=Nc2ccc(C(=O)Oc3ccccc3OC(=O)c3ccc(N=Cc4ccc(OCCCCCCCCCCCCCCCC)cc4O)cc3)cc2)c(O)c1. The number of esters is 2. The molecule has 0 atom stereocenters. The van der Waals surface area contributed by atoms with Crippen LogP contribution >= 0.6 is 0 Å². The second-order valence-electron chi connectivity index (χ2n) is 20.2. The van der Waals surface area contributed by atoms with Crippen molar-refractivity contribution in [3.63, 3.8) is 0 Å². The average molecular weight is 1040 g/mol. The van der Waals surface area contributed by atoms with Crippen molar-refractivity contribution in [1.82, 2.24) is 0 Å². The molecule has 76 heavy (non-hydrogen) atoms. The molecular formula is C66H88N2O8. The molecule has 0 saturated carbocycles. The minimum absolute atomic E-state index is 0.0681. The summed E-state index contributed by atoms with van der Waals surface area (Å²) in [5.74, 6) is 0.257. The lowest BCUT2D eigenvalue weighted by Gasteiger charge is -2.11. The molecule has 0 fully saturated rings. The molecule has 0 aromatic heterocycles. The van der Waals surface area contributed by atoms with E-state index >= 15 is 0 Å². The van der Waals surface area contributed by atoms with Crippen LogP contribution in [-0.2, 0) is 0 Å². The third-order valence-corrected chi connectivity index (χ3v) is 13.7. The van der Waals surface area contributed by atoms with Gasteiger partial charge in [0.05, 0.1) is 35.7 Å². The Morgan fingerprint density at radius 1 is 0.395 bits per heavy atom. The molecule has 5 aromatic carbocycles. The number of nitrogens with zero attached hydrogens (tertiary/aromatic N) is 2. The summed E-state index contributed by atoms with van der Waals surface area (Å²) in [6.45, 7) is 5.76. The predicted molar refractivity (Wildman–Crippen MR) is 312 cm³/mol. The molecule has 0 aliphatic heterocycles. The summed E-state index contributed by atoms with van der Waals surface area (Å²) >= 11 is 0. The second kappa shape index (κ2) is 37.3. The van der Waals surface area contributed by atoms with Crippen molar-refractivity contribution >= 4 is 35.7 Å². The topological polar surface area (TPSA) is 136 Å². The van der Waals surface area contributed by atoms with Crippen LogP contribution in [0.3, 0.4) is 0 Å². The fourth-order valence-electron chi connectivity index (χ4n) is 9.01. The van der Waals surface area contributed by atoms with E-state index in [1.807, 2.05) is 12.1 Å². The lowest BCUT2D eigenvalue weighted by molar-refractivity contribution is 0.0682. The van der Waals surface area contributed by atoms with Crippen molar-refractivity contribution in [3.8, 4) is 34.5 Å². The van der Waals surface area contributed by atoms with Crippen LogP contribution in [0, 0.1) is 0 Å². The van der Waals surface area contributed by atoms with E-state index < -0.39 is 11.9 Å². The summed E-state index contributed by atoms with van der Waals surface area (Å²) in [4.78, 5) is 35.4. The minimum Gasteiger partial charge on any atom is -0.507 e. The Balaban J connectivity index is 0.964. The van der Waals surface area contributed by atoms with Gasteiger partial charge in [-0.15, -0.1) is 0 Å². The number of unbranched alkanes of at least 4 members (excludes halogenated alkanes) is 26. The van der Waals surface area contributed by atoms with Gasteiger partial charge in [0.25, 0.3) is 0 Å². The lowest BCUT2D eigenvalue weighted by atomic mass is 10.0. The van der Waals surface area contributed by atoms with Crippen LogP contribution in [0.2, 0.25) is 0 Å². The summed E-state index contributed by atoms with van der Waals surface area (Å²) in [6, 6.07) is 29.9. The Morgan fingerprint density at radius 3 is 1.00 bits per heavy atom. The fraction of sp³-hybridized carbons (Fsp3) is 0.485. The van der Waals surface area contributed by atoms with E-state index in [1.165, 1.54) is 154 Å². The van der Waals surface area contributed by atoms with Gasteiger partial charge in [-0.2, -0.15) is 0 Å². The van der Waals surface area contributed by atoms with Crippen LogP contribution < -0.4 is 18.9 Å². The minimum atomic E-state index is -0.642. The van der Waals surface area contributed by atoms with Gasteiger partial charge in [0.15, 0.2) is 11.5 Å². The Kier molecular flexibility index (Phi) is 29.7. The number of para-hydroxylation sites is 2. The fourth-order valence-corrected chi connectivity index (χ4v) is 9.01. The molecule has 5 aromatic rings. The Hall–Kier alpha value is -6.42. The van der Waals surface area contributed by atoms with E-state index in [1.54, 1.807) is 109 Å². The predicted octanol–water partition coefficient (Wildman–Crippen LogP) is 18.8. The lowest BCUT2D eigenvalue weighted by Crippen LogP contribution is -2.12. The molecule has 0 aliphatic carbocycles. The number of phenols is 2. The molecule has 0 aliphatic rings. The molecule has 0 heterocycles. The zero-order valence-electron chi connectivity index (χ0n) is 46.0. The van der Waals surface area contributed by atoms with Gasteiger partial charge >= 0.3 is 11.9 Å². The first-order chi connectivity index (χ1) is 37.3. The number of carbonyl (C=O) groups is 2. The van der Waals surface area contributed by atoms with E-state index in [-0.39, 0.29) is 34.1 Å². The van der Waals surface area contributed by atoms with E-state index in [2.05, 4.69) is 23.8 Å². The second-order valence-corrected chi connectivity index (χ2v) is 20.2. The maximum absolute atomic E-state index is 13.2. The number of rotatable bonds is 40. The first kappa shape index (κ1) is 60.4. The van der Waals surface area contributed by atoms with Gasteiger partial charge in [-0.3, -0.25) is 9.98 Å². The summed E-state index contributed by atoms with van der Waals surface area (Å²) in [7, 11) is 0. The summed E-state index contributed by atoms with van der Waals surface area (Å²) in [5.41, 5.74) is 2.76. The van der Waals surface area contributed by atoms with Crippen molar-refractivity contribution < 1.29 is 38.7 Å². The van der Waals surface area contributed by atoms with Crippen molar-refractivity contribution in [2.45, 2.75) is 194 Å². The van der Waals surface area contributed by atoms with Gasteiger partial charge < -0.3 is 29.2 Å². The summed E-state index contributed by atoms with van der Waals surface area (Å²) in [5, 5.41) is 21.3. The number of hydrogen-bond donors (Lipinski definition) is 2. The summed E-state index contributed by atoms with van der Waals surface area (Å²) in [6.07, 6.45) is 39.8. The maximum Gasteiger partial charge on any atom is 0.343 e. The highest BCUT2D eigenvalue weighted by Crippen LogP contribution is 2.30. The molecule has 0 amide bonds. The smallest absolute Gasteiger partial charge is 0.343 e. The van der Waals surface area contributed by atoms with Crippen LogP contribution in [0.5, 0.6) is 34.5 Å². The van der Waals surface area contributed by atoms with Crippen molar-refractivity contribution in [3.05, 3.63) is 131 Å². The van der Waals surface area contributed by atoms with E-state index in [4.69, 9.17) is 18.9 Å². The summed E-state index contributed by atoms with van der Waals surface area (Å²) < 4.78 is 23.2. The standard InChI is InChI=1S/C66H88N2O8/c1-3-5-7-9-11-13-15-17-19-21-23-25-27-31-47-73-59-45-39-55(61(69)49-59)51-67-57-41-35-53(36-42-57)65(71)75-63-33-29-30-34-64(63)76-66(72)54-37-43-58(44-38-54)68-52-56-40-46-60(50-62(56)70)74-48-32-28-26-24-22-20-18-16-14-12-10-8-6-4-2/h29-30,33-46,49-52,69-70H,3-28,31-32,47-48H2,1-2H3. The highest BCUT2D eigenvalue weighted by atomic mass is 16.6. The first-order valence-corrected chi connectivity index (χ1v) is 29.1. The number of hydrogen-bond acceptors (Lipinski definition) is 10. The number of aliphatic imine (C=N–C) groups is 2. The first-order valence-electron chi connectivity index (χ1n) is 29.1. The van der Waals surface area contributed by atoms with Crippen molar-refractivity contribution in [2.75, 3.05) is 13.2 Å². The third-order valence-electron chi connectivity index (χ3n) is 13.7. The molecule has 10 nitrogen and oxygen atoms in total. The Morgan fingerprint density at radius 2 is 0.697 bits per heavy atom. The van der Waals surface area contributed by atoms with E-state index in [9.17, 15) is 19.8 Å². The number of ether oxygens (including phenoxy) is 4. The van der Waals surface area contributed by atoms with Gasteiger partial charge in [-0.1, -0.05) is 193 Å². The van der Waals surface area contributed by atoms with E-state index in [0.717, 1.165) is 25.7 Å². The molecular weight excluding hydrogens is 949 g/mol.